The first-order chi connectivity index (χ1) is 17.0. The number of aromatic nitrogens is 3. The molecule has 2 aliphatic heterocycles. The average molecular weight is 490 g/mol. The van der Waals surface area contributed by atoms with Crippen molar-refractivity contribution in [3.63, 3.8) is 0 Å². The lowest BCUT2D eigenvalue weighted by Crippen LogP contribution is -2.74. The average Bonchev–Trinajstić information content (AvgIpc) is 3.08. The molecule has 1 saturated heterocycles. The normalized spacial score (nSPS) is 17.6. The first-order valence-electron chi connectivity index (χ1n) is 12.2. The molecule has 0 radical (unpaired) electrons. The Balaban J connectivity index is 1.34. The number of aryl methyl sites for hydroxylation is 1. The Hall–Kier alpha value is -3.75. The topological polar surface area (TPSA) is 89.4 Å². The summed E-state index contributed by atoms with van der Waals surface area (Å²) < 4.78 is 21.4. The highest BCUT2D eigenvalue weighted by atomic mass is 19.1. The summed E-state index contributed by atoms with van der Waals surface area (Å²) in [5, 5.41) is 3.19. The third-order valence-electron chi connectivity index (χ3n) is 7.18. The molecule has 8 nitrogen and oxygen atoms in total. The summed E-state index contributed by atoms with van der Waals surface area (Å²) in [7, 11) is 1.97. The van der Waals surface area contributed by atoms with Crippen molar-refractivity contribution < 1.29 is 18.7 Å². The first kappa shape index (κ1) is 22.7. The molecular formula is C27H28FN5O3. The third kappa shape index (κ3) is 3.56. The SMILES string of the molecule is Cn1c2c(c3c1-c1nc(-c4cccc(F)c4)ncc1CC3)C(=O)NC1(C2)CN(C(=O)OC(C)(C)C)C1. The molecule has 0 atom stereocenters. The molecule has 3 aromatic rings. The van der Waals surface area contributed by atoms with Crippen molar-refractivity contribution in [2.24, 2.45) is 7.05 Å². The Morgan fingerprint density at radius 2 is 2.00 bits per heavy atom. The van der Waals surface area contributed by atoms with E-state index in [0.717, 1.165) is 41.1 Å². The van der Waals surface area contributed by atoms with E-state index in [1.807, 2.05) is 34.0 Å². The van der Waals surface area contributed by atoms with Crippen molar-refractivity contribution in [2.45, 2.75) is 51.2 Å². The molecule has 9 heteroatoms. The number of amides is 2. The molecule has 2 aromatic heterocycles. The number of nitrogens with zero attached hydrogens (tertiary/aromatic N) is 4. The predicted molar refractivity (Wildman–Crippen MR) is 131 cm³/mol. The molecule has 6 rings (SSSR count). The van der Waals surface area contributed by atoms with E-state index in [4.69, 9.17) is 9.72 Å². The molecule has 3 aliphatic rings. The molecule has 1 fully saturated rings. The number of ether oxygens (including phenoxy) is 1. The van der Waals surface area contributed by atoms with Gasteiger partial charge in [-0.05, 0) is 56.9 Å². The number of rotatable bonds is 1. The highest BCUT2D eigenvalue weighted by Crippen LogP contribution is 2.42. The molecular weight excluding hydrogens is 461 g/mol. The summed E-state index contributed by atoms with van der Waals surface area (Å²) in [4.78, 5) is 36.8. The van der Waals surface area contributed by atoms with Crippen LogP contribution in [0.3, 0.4) is 0 Å². The van der Waals surface area contributed by atoms with Gasteiger partial charge in [-0.15, -0.1) is 0 Å². The van der Waals surface area contributed by atoms with Crippen LogP contribution in [0.15, 0.2) is 30.5 Å². The Morgan fingerprint density at radius 1 is 1.22 bits per heavy atom. The van der Waals surface area contributed by atoms with E-state index in [1.54, 1.807) is 17.0 Å². The van der Waals surface area contributed by atoms with E-state index in [-0.39, 0.29) is 17.8 Å². The molecule has 1 aromatic carbocycles. The molecule has 186 valence electrons. The first-order valence-corrected chi connectivity index (χ1v) is 12.2. The zero-order chi connectivity index (χ0) is 25.4. The van der Waals surface area contributed by atoms with Gasteiger partial charge < -0.3 is 19.5 Å². The number of hydrogen-bond acceptors (Lipinski definition) is 5. The zero-order valence-electron chi connectivity index (χ0n) is 20.8. The largest absolute Gasteiger partial charge is 0.444 e. The second-order valence-electron chi connectivity index (χ2n) is 11.0. The Kier molecular flexibility index (Phi) is 4.81. The molecule has 2 amide bonds. The monoisotopic (exact) mass is 489 g/mol. The van der Waals surface area contributed by atoms with Crippen LogP contribution < -0.4 is 5.32 Å². The molecule has 1 N–H and O–H groups in total. The maximum atomic E-state index is 13.8. The fourth-order valence-electron chi connectivity index (χ4n) is 5.64. The summed E-state index contributed by atoms with van der Waals surface area (Å²) in [6.45, 7) is 6.33. The minimum absolute atomic E-state index is 0.111. The van der Waals surface area contributed by atoms with E-state index in [9.17, 15) is 14.0 Å². The summed E-state index contributed by atoms with van der Waals surface area (Å²) >= 11 is 0. The van der Waals surface area contributed by atoms with Gasteiger partial charge in [-0.25, -0.2) is 19.2 Å². The number of carbonyl (C=O) groups excluding carboxylic acids is 2. The quantitative estimate of drug-likeness (QED) is 0.564. The molecule has 36 heavy (non-hydrogen) atoms. The van der Waals surface area contributed by atoms with E-state index in [1.165, 1.54) is 12.1 Å². The number of likely N-dealkylation sites (tertiary alicyclic amines) is 1. The summed E-state index contributed by atoms with van der Waals surface area (Å²) in [5.74, 6) is -0.000258. The van der Waals surface area contributed by atoms with E-state index in [0.29, 0.717) is 36.5 Å². The standard InChI is InChI=1S/C27H28FN5O3/c1-26(2,3)36-25(35)33-13-27(14-33)11-19-20(24(34)31-27)18-9-8-16-12-29-23(15-6-5-7-17(28)10-15)30-21(16)22(18)32(19)4/h5-7,10,12H,8-9,11,13-14H2,1-4H3,(H,31,34). The van der Waals surface area contributed by atoms with Crippen molar-refractivity contribution in [1.82, 2.24) is 24.8 Å². The fourth-order valence-corrected chi connectivity index (χ4v) is 5.64. The van der Waals surface area contributed by atoms with Crippen molar-refractivity contribution in [1.29, 1.82) is 0 Å². The van der Waals surface area contributed by atoms with Crippen molar-refractivity contribution in [2.75, 3.05) is 13.1 Å². The van der Waals surface area contributed by atoms with Crippen LogP contribution in [0.1, 0.15) is 48.0 Å². The van der Waals surface area contributed by atoms with Crippen LogP contribution in [0, 0.1) is 5.82 Å². The van der Waals surface area contributed by atoms with Gasteiger partial charge in [0.15, 0.2) is 5.82 Å². The number of carbonyl (C=O) groups is 2. The summed E-state index contributed by atoms with van der Waals surface area (Å²) in [6.07, 6.45) is 3.51. The molecule has 1 spiro atoms. The maximum Gasteiger partial charge on any atom is 0.410 e. The lowest BCUT2D eigenvalue weighted by molar-refractivity contribution is -0.0170. The number of halogens is 1. The Bertz CT molecular complexity index is 1430. The second kappa shape index (κ2) is 7.62. The fraction of sp³-hybridized carbons (Fsp3) is 0.407. The van der Waals surface area contributed by atoms with Crippen LogP contribution in [-0.4, -0.2) is 55.7 Å². The van der Waals surface area contributed by atoms with Gasteiger partial charge >= 0.3 is 6.09 Å². The molecule has 0 bridgehead atoms. The van der Waals surface area contributed by atoms with Gasteiger partial charge in [0.25, 0.3) is 5.91 Å². The molecule has 0 saturated carbocycles. The summed E-state index contributed by atoms with van der Waals surface area (Å²) in [6, 6.07) is 6.24. The third-order valence-corrected chi connectivity index (χ3v) is 7.18. The van der Waals surface area contributed by atoms with Crippen LogP contribution >= 0.6 is 0 Å². The summed E-state index contributed by atoms with van der Waals surface area (Å²) in [5.41, 5.74) is 4.89. The van der Waals surface area contributed by atoms with Crippen molar-refractivity contribution in [3.05, 3.63) is 58.7 Å². The highest BCUT2D eigenvalue weighted by molar-refractivity contribution is 6.01. The maximum absolute atomic E-state index is 13.8. The molecule has 0 unspecified atom stereocenters. The van der Waals surface area contributed by atoms with Crippen LogP contribution in [0.5, 0.6) is 0 Å². The molecule has 1 aliphatic carbocycles. The Labute approximate surface area is 208 Å². The van der Waals surface area contributed by atoms with Gasteiger partial charge in [-0.3, -0.25) is 4.79 Å². The number of hydrogen-bond donors (Lipinski definition) is 1. The Morgan fingerprint density at radius 3 is 2.72 bits per heavy atom. The van der Waals surface area contributed by atoms with Crippen LogP contribution in [-0.2, 0) is 31.0 Å². The van der Waals surface area contributed by atoms with Gasteiger partial charge in [0, 0.05) is 44.0 Å². The lowest BCUT2D eigenvalue weighted by atomic mass is 9.80. The van der Waals surface area contributed by atoms with Gasteiger partial charge in [-0.2, -0.15) is 0 Å². The van der Waals surface area contributed by atoms with Crippen molar-refractivity contribution >= 4 is 12.0 Å². The lowest BCUT2D eigenvalue weighted by Gasteiger charge is -2.51. The van der Waals surface area contributed by atoms with Gasteiger partial charge in [-0.1, -0.05) is 12.1 Å². The van der Waals surface area contributed by atoms with Crippen LogP contribution in [0.25, 0.3) is 22.8 Å². The number of fused-ring (bicyclic) bond motifs is 5. The predicted octanol–water partition coefficient (Wildman–Crippen LogP) is 3.66. The molecule has 4 heterocycles. The zero-order valence-corrected chi connectivity index (χ0v) is 20.8. The number of nitrogens with one attached hydrogen (secondary N) is 1. The van der Waals surface area contributed by atoms with Crippen LogP contribution in [0.4, 0.5) is 9.18 Å². The van der Waals surface area contributed by atoms with Crippen molar-refractivity contribution in [3.8, 4) is 22.8 Å². The van der Waals surface area contributed by atoms with Crippen LogP contribution in [0.2, 0.25) is 0 Å². The smallest absolute Gasteiger partial charge is 0.410 e. The minimum atomic E-state index is -0.570. The van der Waals surface area contributed by atoms with Gasteiger partial charge in [0.2, 0.25) is 0 Å². The van der Waals surface area contributed by atoms with Gasteiger partial charge in [0.05, 0.1) is 22.5 Å². The minimum Gasteiger partial charge on any atom is -0.444 e. The highest BCUT2D eigenvalue weighted by Gasteiger charge is 2.52. The van der Waals surface area contributed by atoms with E-state index in [2.05, 4.69) is 14.9 Å². The number of benzene rings is 1. The van der Waals surface area contributed by atoms with E-state index < -0.39 is 11.1 Å². The van der Waals surface area contributed by atoms with Gasteiger partial charge in [0.1, 0.15) is 11.4 Å². The second-order valence-corrected chi connectivity index (χ2v) is 11.0. The van der Waals surface area contributed by atoms with E-state index >= 15 is 0 Å².